The molecule has 0 aliphatic heterocycles. The second-order valence-corrected chi connectivity index (χ2v) is 5.61. The van der Waals surface area contributed by atoms with Crippen LogP contribution >= 0.6 is 27.5 Å². The maximum absolute atomic E-state index is 13.2. The van der Waals surface area contributed by atoms with E-state index >= 15 is 0 Å². The van der Waals surface area contributed by atoms with E-state index in [4.69, 9.17) is 16.3 Å². The molecule has 0 bridgehead atoms. The van der Waals surface area contributed by atoms with Gasteiger partial charge < -0.3 is 9.72 Å². The number of alkyl halides is 3. The average Bonchev–Trinajstić information content (AvgIpc) is 2.83. The van der Waals surface area contributed by atoms with E-state index in [0.29, 0.717) is 5.56 Å². The Morgan fingerprint density at radius 3 is 2.65 bits per heavy atom. The van der Waals surface area contributed by atoms with Crippen LogP contribution in [0.15, 0.2) is 22.8 Å². The minimum Gasteiger partial charge on any atom is -0.359 e. The van der Waals surface area contributed by atoms with E-state index in [2.05, 4.69) is 25.9 Å². The number of hydrogen-bond donors (Lipinski definition) is 1. The second-order valence-electron chi connectivity index (χ2n) is 4.43. The predicted octanol–water partition coefficient (Wildman–Crippen LogP) is 5.11. The summed E-state index contributed by atoms with van der Waals surface area (Å²) in [5, 5.41) is 9.44. The Kier molecular flexibility index (Phi) is 5.34. The molecule has 2 aromatic rings. The van der Waals surface area contributed by atoms with Crippen LogP contribution in [0.2, 0.25) is 5.15 Å². The average molecular weight is 409 g/mol. The van der Waals surface area contributed by atoms with Crippen molar-refractivity contribution in [1.29, 1.82) is 5.26 Å². The fourth-order valence-electron chi connectivity index (χ4n) is 2.04. The molecule has 0 aliphatic rings. The van der Waals surface area contributed by atoms with Crippen LogP contribution < -0.4 is 0 Å². The molecule has 4 nitrogen and oxygen atoms in total. The van der Waals surface area contributed by atoms with Crippen LogP contribution in [0.3, 0.4) is 0 Å². The zero-order valence-electron chi connectivity index (χ0n) is 11.7. The molecule has 2 aromatic heterocycles. The van der Waals surface area contributed by atoms with E-state index in [1.165, 1.54) is 18.3 Å². The molecular weight excluding hydrogens is 399 g/mol. The van der Waals surface area contributed by atoms with Gasteiger partial charge in [-0.1, -0.05) is 11.6 Å². The molecule has 1 atom stereocenters. The molecule has 0 radical (unpaired) electrons. The van der Waals surface area contributed by atoms with Crippen LogP contribution in [0.25, 0.3) is 11.3 Å². The third kappa shape index (κ3) is 3.68. The number of pyridine rings is 1. The first-order valence-corrected chi connectivity index (χ1v) is 7.58. The molecule has 1 N–H and O–H groups in total. The number of H-pyrrole nitrogens is 1. The van der Waals surface area contributed by atoms with Gasteiger partial charge >= 0.3 is 6.18 Å². The van der Waals surface area contributed by atoms with Gasteiger partial charge in [-0.25, -0.2) is 4.98 Å². The molecule has 0 amide bonds. The van der Waals surface area contributed by atoms with Gasteiger partial charge in [0.15, 0.2) is 6.10 Å². The van der Waals surface area contributed by atoms with Crippen molar-refractivity contribution < 1.29 is 17.9 Å². The number of ether oxygens (including phenoxy) is 1. The lowest BCUT2D eigenvalue weighted by Crippen LogP contribution is -2.07. The van der Waals surface area contributed by atoms with Crippen LogP contribution in [0.5, 0.6) is 0 Å². The highest BCUT2D eigenvalue weighted by Crippen LogP contribution is 2.43. The van der Waals surface area contributed by atoms with Crippen molar-refractivity contribution in [2.75, 3.05) is 6.61 Å². The molecule has 0 saturated heterocycles. The summed E-state index contributed by atoms with van der Waals surface area (Å²) in [5.41, 5.74) is -0.447. The van der Waals surface area contributed by atoms with Crippen molar-refractivity contribution >= 4 is 27.5 Å². The predicted molar refractivity (Wildman–Crippen MR) is 81.7 cm³/mol. The SMILES string of the molecule is CCOC(C#N)c1c(-c2ccc(Cl)nc2)[nH]c(C(F)(F)F)c1Br. The Morgan fingerprint density at radius 2 is 2.17 bits per heavy atom. The summed E-state index contributed by atoms with van der Waals surface area (Å²) in [7, 11) is 0. The standard InChI is InChI=1S/C14H10BrClF3N3O/c1-2-23-8(5-20)10-11(15)13(14(17,18)19)22-12(10)7-3-4-9(16)21-6-7/h3-4,6,8,22H,2H2,1H3. The Hall–Kier alpha value is -1.56. The number of aromatic nitrogens is 2. The second kappa shape index (κ2) is 6.91. The topological polar surface area (TPSA) is 61.7 Å². The van der Waals surface area contributed by atoms with Crippen molar-refractivity contribution in [3.63, 3.8) is 0 Å². The number of halogens is 5. The van der Waals surface area contributed by atoms with E-state index in [-0.39, 0.29) is 27.5 Å². The molecule has 2 heterocycles. The number of aromatic amines is 1. The number of nitrogens with zero attached hydrogens (tertiary/aromatic N) is 2. The summed E-state index contributed by atoms with van der Waals surface area (Å²) in [6.45, 7) is 1.83. The Bertz CT molecular complexity index is 737. The van der Waals surface area contributed by atoms with Crippen molar-refractivity contribution in [2.24, 2.45) is 0 Å². The molecule has 23 heavy (non-hydrogen) atoms. The van der Waals surface area contributed by atoms with Crippen molar-refractivity contribution in [3.8, 4) is 17.3 Å². The first-order chi connectivity index (χ1) is 10.8. The fourth-order valence-corrected chi connectivity index (χ4v) is 2.88. The summed E-state index contributed by atoms with van der Waals surface area (Å²) in [6, 6.07) is 4.82. The van der Waals surface area contributed by atoms with Crippen LogP contribution in [-0.4, -0.2) is 16.6 Å². The van der Waals surface area contributed by atoms with Gasteiger partial charge in [-0.3, -0.25) is 0 Å². The summed E-state index contributed by atoms with van der Waals surface area (Å²) < 4.78 is 44.5. The lowest BCUT2D eigenvalue weighted by molar-refractivity contribution is -0.141. The lowest BCUT2D eigenvalue weighted by Gasteiger charge is -2.11. The van der Waals surface area contributed by atoms with Crippen molar-refractivity contribution in [1.82, 2.24) is 9.97 Å². The molecule has 1 unspecified atom stereocenters. The lowest BCUT2D eigenvalue weighted by atomic mass is 10.1. The van der Waals surface area contributed by atoms with Gasteiger partial charge in [-0.05, 0) is 35.0 Å². The molecule has 0 fully saturated rings. The highest BCUT2D eigenvalue weighted by Gasteiger charge is 2.39. The quantitative estimate of drug-likeness (QED) is 0.715. The van der Waals surface area contributed by atoms with Gasteiger partial charge in [0, 0.05) is 23.9 Å². The first kappa shape index (κ1) is 17.8. The monoisotopic (exact) mass is 407 g/mol. The van der Waals surface area contributed by atoms with Crippen LogP contribution in [0.1, 0.15) is 24.3 Å². The van der Waals surface area contributed by atoms with Gasteiger partial charge in [0.05, 0.1) is 16.2 Å². The molecular formula is C14H10BrClF3N3O. The highest BCUT2D eigenvalue weighted by atomic mass is 79.9. The molecule has 0 aromatic carbocycles. The third-order valence-electron chi connectivity index (χ3n) is 2.99. The minimum atomic E-state index is -4.61. The Morgan fingerprint density at radius 1 is 1.48 bits per heavy atom. The normalized spacial score (nSPS) is 12.9. The maximum Gasteiger partial charge on any atom is 0.432 e. The molecule has 0 saturated carbocycles. The molecule has 122 valence electrons. The minimum absolute atomic E-state index is 0.0748. The zero-order valence-corrected chi connectivity index (χ0v) is 14.1. The highest BCUT2D eigenvalue weighted by molar-refractivity contribution is 9.10. The van der Waals surface area contributed by atoms with Crippen molar-refractivity contribution in [3.05, 3.63) is 39.2 Å². The van der Waals surface area contributed by atoms with E-state index in [9.17, 15) is 18.4 Å². The molecule has 0 aliphatic carbocycles. The van der Waals surface area contributed by atoms with E-state index < -0.39 is 18.0 Å². The van der Waals surface area contributed by atoms with E-state index in [1.54, 1.807) is 6.92 Å². The van der Waals surface area contributed by atoms with Crippen molar-refractivity contribution in [2.45, 2.75) is 19.2 Å². The van der Waals surface area contributed by atoms with Crippen LogP contribution in [0, 0.1) is 11.3 Å². The molecule has 0 spiro atoms. The number of rotatable bonds is 4. The summed E-state index contributed by atoms with van der Waals surface area (Å²) >= 11 is 8.63. The summed E-state index contributed by atoms with van der Waals surface area (Å²) in [5.74, 6) is 0. The van der Waals surface area contributed by atoms with Gasteiger partial charge in [-0.15, -0.1) is 0 Å². The van der Waals surface area contributed by atoms with Gasteiger partial charge in [-0.2, -0.15) is 18.4 Å². The zero-order chi connectivity index (χ0) is 17.2. The van der Waals surface area contributed by atoms with Gasteiger partial charge in [0.25, 0.3) is 0 Å². The smallest absolute Gasteiger partial charge is 0.359 e. The molecule has 9 heteroatoms. The number of hydrogen-bond acceptors (Lipinski definition) is 3. The maximum atomic E-state index is 13.2. The van der Waals surface area contributed by atoms with Crippen LogP contribution in [-0.2, 0) is 10.9 Å². The number of nitriles is 1. The van der Waals surface area contributed by atoms with Gasteiger partial charge in [0.1, 0.15) is 10.8 Å². The van der Waals surface area contributed by atoms with E-state index in [1.807, 2.05) is 6.07 Å². The largest absolute Gasteiger partial charge is 0.432 e. The summed E-state index contributed by atoms with van der Waals surface area (Å²) in [4.78, 5) is 6.17. The fraction of sp³-hybridized carbons (Fsp3) is 0.286. The molecule has 2 rings (SSSR count). The third-order valence-corrected chi connectivity index (χ3v) is 4.03. The summed E-state index contributed by atoms with van der Waals surface area (Å²) in [6.07, 6.45) is -4.45. The van der Waals surface area contributed by atoms with E-state index in [0.717, 1.165) is 0 Å². The van der Waals surface area contributed by atoms with Gasteiger partial charge in [0.2, 0.25) is 0 Å². The number of nitrogens with one attached hydrogen (secondary N) is 1. The van der Waals surface area contributed by atoms with Crippen LogP contribution in [0.4, 0.5) is 13.2 Å². The Balaban J connectivity index is 2.69. The first-order valence-electron chi connectivity index (χ1n) is 6.41. The Labute approximate surface area is 143 Å².